The van der Waals surface area contributed by atoms with Gasteiger partial charge in [-0.05, 0) is 42.0 Å². The minimum atomic E-state index is -3.91. The number of hydrogen-bond donors (Lipinski definition) is 1. The molecule has 0 aliphatic carbocycles. The molecule has 3 aromatic rings. The Bertz CT molecular complexity index is 1170. The molecular formula is C18H13Br2NO4S. The Morgan fingerprint density at radius 3 is 2.42 bits per heavy atom. The van der Waals surface area contributed by atoms with Gasteiger partial charge in [-0.25, -0.2) is 8.42 Å². The van der Waals surface area contributed by atoms with E-state index in [-0.39, 0.29) is 4.90 Å². The third kappa shape index (κ3) is 3.92. The molecule has 0 atom stereocenters. The number of rotatable bonds is 4. The summed E-state index contributed by atoms with van der Waals surface area (Å²) < 4.78 is 31.7. The van der Waals surface area contributed by atoms with Crippen molar-refractivity contribution in [1.82, 2.24) is 4.98 Å². The van der Waals surface area contributed by atoms with Crippen LogP contribution in [-0.2, 0) is 9.84 Å². The first-order valence-corrected chi connectivity index (χ1v) is 10.5. The number of benzene rings is 2. The van der Waals surface area contributed by atoms with E-state index >= 15 is 0 Å². The van der Waals surface area contributed by atoms with Gasteiger partial charge in [0.05, 0.1) is 12.6 Å². The molecule has 1 N–H and O–H groups in total. The molecule has 1 aromatic heterocycles. The van der Waals surface area contributed by atoms with Gasteiger partial charge in [0.1, 0.15) is 10.6 Å². The van der Waals surface area contributed by atoms with Crippen LogP contribution in [0.25, 0.3) is 17.0 Å². The summed E-state index contributed by atoms with van der Waals surface area (Å²) in [5, 5.41) is 1.63. The van der Waals surface area contributed by atoms with Crippen LogP contribution in [-0.4, -0.2) is 20.5 Å². The number of nitrogens with one attached hydrogen (secondary N) is 1. The van der Waals surface area contributed by atoms with Crippen molar-refractivity contribution in [2.75, 3.05) is 7.11 Å². The summed E-state index contributed by atoms with van der Waals surface area (Å²) in [4.78, 5) is 14.6. The molecule has 134 valence electrons. The van der Waals surface area contributed by atoms with E-state index in [4.69, 9.17) is 4.74 Å². The lowest BCUT2D eigenvalue weighted by Gasteiger charge is -2.05. The first-order chi connectivity index (χ1) is 12.3. The second-order valence-electron chi connectivity index (χ2n) is 5.43. The zero-order valence-electron chi connectivity index (χ0n) is 13.5. The van der Waals surface area contributed by atoms with E-state index < -0.39 is 15.4 Å². The highest BCUT2D eigenvalue weighted by molar-refractivity contribution is 9.11. The maximum absolute atomic E-state index is 12.6. The van der Waals surface area contributed by atoms with Gasteiger partial charge in [-0.1, -0.05) is 44.0 Å². The minimum absolute atomic E-state index is 0.308. The van der Waals surface area contributed by atoms with Crippen LogP contribution in [0.5, 0.6) is 5.75 Å². The minimum Gasteiger partial charge on any atom is -0.497 e. The number of sulfone groups is 1. The van der Waals surface area contributed by atoms with Crippen LogP contribution >= 0.6 is 31.9 Å². The molecule has 0 amide bonds. The highest BCUT2D eigenvalue weighted by Gasteiger charge is 2.17. The van der Waals surface area contributed by atoms with E-state index in [9.17, 15) is 13.2 Å². The Balaban J connectivity index is 2.04. The van der Waals surface area contributed by atoms with Crippen LogP contribution in [0.4, 0.5) is 0 Å². The molecule has 1 heterocycles. The number of fused-ring (bicyclic) bond motifs is 1. The van der Waals surface area contributed by atoms with Crippen molar-refractivity contribution >= 4 is 58.7 Å². The molecule has 8 heteroatoms. The number of H-pyrrole nitrogens is 1. The van der Waals surface area contributed by atoms with Crippen LogP contribution in [0, 0.1) is 0 Å². The lowest BCUT2D eigenvalue weighted by atomic mass is 10.2. The lowest BCUT2D eigenvalue weighted by molar-refractivity contribution is 0.415. The second-order valence-corrected chi connectivity index (χ2v) is 9.00. The van der Waals surface area contributed by atoms with Gasteiger partial charge in [-0.15, -0.1) is 0 Å². The van der Waals surface area contributed by atoms with Gasteiger partial charge < -0.3 is 9.72 Å². The van der Waals surface area contributed by atoms with E-state index in [1.807, 2.05) is 0 Å². The van der Waals surface area contributed by atoms with E-state index in [1.165, 1.54) is 12.1 Å². The van der Waals surface area contributed by atoms with Crippen molar-refractivity contribution < 1.29 is 13.2 Å². The molecule has 0 radical (unpaired) electrons. The summed E-state index contributed by atoms with van der Waals surface area (Å²) in [5.74, 6) is 0.673. The van der Waals surface area contributed by atoms with Crippen LogP contribution in [0.15, 0.2) is 66.5 Å². The Morgan fingerprint density at radius 1 is 1.08 bits per heavy atom. The summed E-state index contributed by atoms with van der Waals surface area (Å²) >= 11 is 6.72. The summed E-state index contributed by atoms with van der Waals surface area (Å²) in [6.07, 6.45) is 1.44. The summed E-state index contributed by atoms with van der Waals surface area (Å²) in [6, 6.07) is 11.8. The molecule has 0 saturated heterocycles. The van der Waals surface area contributed by atoms with Crippen LogP contribution < -0.4 is 10.3 Å². The van der Waals surface area contributed by atoms with Crippen molar-refractivity contribution in [3.8, 4) is 5.75 Å². The lowest BCUT2D eigenvalue weighted by Crippen LogP contribution is -2.16. The van der Waals surface area contributed by atoms with Gasteiger partial charge in [-0.3, -0.25) is 4.79 Å². The number of aromatic nitrogens is 1. The molecule has 0 fully saturated rings. The molecule has 0 spiro atoms. The predicted octanol–water partition coefficient (Wildman–Crippen LogP) is 4.51. The van der Waals surface area contributed by atoms with Crippen molar-refractivity contribution in [2.24, 2.45) is 0 Å². The summed E-state index contributed by atoms with van der Waals surface area (Å²) in [7, 11) is -2.36. The van der Waals surface area contributed by atoms with Gasteiger partial charge in [0.15, 0.2) is 0 Å². The number of halogens is 2. The normalized spacial score (nSPS) is 12.0. The van der Waals surface area contributed by atoms with E-state index in [1.54, 1.807) is 43.5 Å². The predicted molar refractivity (Wildman–Crippen MR) is 109 cm³/mol. The van der Waals surface area contributed by atoms with E-state index in [2.05, 4.69) is 36.8 Å². The Hall–Kier alpha value is -1.90. The summed E-state index contributed by atoms with van der Waals surface area (Å²) in [6.45, 7) is 0. The first kappa shape index (κ1) is 18.9. The van der Waals surface area contributed by atoms with Crippen LogP contribution in [0.1, 0.15) is 5.56 Å². The van der Waals surface area contributed by atoms with Gasteiger partial charge in [-0.2, -0.15) is 0 Å². The number of pyridine rings is 1. The molecule has 26 heavy (non-hydrogen) atoms. The maximum atomic E-state index is 12.6. The monoisotopic (exact) mass is 497 g/mol. The molecular weight excluding hydrogens is 486 g/mol. The first-order valence-electron chi connectivity index (χ1n) is 7.39. The SMILES string of the molecule is COc1ccc(C=CS(=O)(=O)c2cc3c(Br)cc(Br)cc3[nH]c2=O)cc1. The number of methoxy groups -OCH3 is 1. The molecule has 0 saturated carbocycles. The van der Waals surface area contributed by atoms with Gasteiger partial charge in [0, 0.05) is 19.7 Å². The van der Waals surface area contributed by atoms with Crippen molar-refractivity contribution in [3.05, 3.63) is 72.7 Å². The van der Waals surface area contributed by atoms with E-state index in [0.717, 1.165) is 9.88 Å². The third-order valence-electron chi connectivity index (χ3n) is 3.70. The second kappa shape index (κ2) is 7.38. The molecule has 5 nitrogen and oxygen atoms in total. The van der Waals surface area contributed by atoms with E-state index in [0.29, 0.717) is 26.7 Å². The average molecular weight is 499 g/mol. The van der Waals surface area contributed by atoms with Crippen LogP contribution in [0.3, 0.4) is 0 Å². The number of aromatic amines is 1. The van der Waals surface area contributed by atoms with Gasteiger partial charge >= 0.3 is 0 Å². The fraction of sp³-hybridized carbons (Fsp3) is 0.0556. The maximum Gasteiger partial charge on any atom is 0.267 e. The zero-order chi connectivity index (χ0) is 18.9. The smallest absolute Gasteiger partial charge is 0.267 e. The number of ether oxygens (including phenoxy) is 1. The zero-order valence-corrected chi connectivity index (χ0v) is 17.5. The van der Waals surface area contributed by atoms with Crippen molar-refractivity contribution in [1.29, 1.82) is 0 Å². The highest BCUT2D eigenvalue weighted by atomic mass is 79.9. The summed E-state index contributed by atoms with van der Waals surface area (Å²) in [5.41, 5.74) is 0.549. The molecule has 0 unspecified atom stereocenters. The Labute approximate surface area is 166 Å². The van der Waals surface area contributed by atoms with Gasteiger partial charge in [0.25, 0.3) is 5.56 Å². The van der Waals surface area contributed by atoms with Crippen molar-refractivity contribution in [3.63, 3.8) is 0 Å². The topological polar surface area (TPSA) is 76.2 Å². The quantitative estimate of drug-likeness (QED) is 0.574. The van der Waals surface area contributed by atoms with Gasteiger partial charge in [0.2, 0.25) is 9.84 Å². The average Bonchev–Trinajstić information content (AvgIpc) is 2.59. The third-order valence-corrected chi connectivity index (χ3v) is 6.23. The van der Waals surface area contributed by atoms with Crippen LogP contribution in [0.2, 0.25) is 0 Å². The van der Waals surface area contributed by atoms with Crippen molar-refractivity contribution in [2.45, 2.75) is 4.90 Å². The Kier molecular flexibility index (Phi) is 5.36. The standard InChI is InChI=1S/C18H13Br2NO4S/c1-25-13-4-2-11(3-5-13)6-7-26(23,24)17-10-14-15(20)8-12(19)9-16(14)21-18(17)22/h2-10H,1H3,(H,21,22). The molecule has 0 bridgehead atoms. The molecule has 2 aromatic carbocycles. The molecule has 0 aliphatic rings. The molecule has 0 aliphatic heterocycles. The molecule has 3 rings (SSSR count). The number of hydrogen-bond acceptors (Lipinski definition) is 4. The fourth-order valence-electron chi connectivity index (χ4n) is 2.38. The largest absolute Gasteiger partial charge is 0.497 e. The highest BCUT2D eigenvalue weighted by Crippen LogP contribution is 2.28. The Morgan fingerprint density at radius 2 is 1.77 bits per heavy atom. The fourth-order valence-corrected chi connectivity index (χ4v) is 4.80.